The highest BCUT2D eigenvalue weighted by Gasteiger charge is 2.46. The molecule has 0 amide bonds. The van der Waals surface area contributed by atoms with Crippen molar-refractivity contribution < 1.29 is 24.5 Å². The van der Waals surface area contributed by atoms with Gasteiger partial charge in [0.15, 0.2) is 0 Å². The zero-order chi connectivity index (χ0) is 11.1. The van der Waals surface area contributed by atoms with Crippen molar-refractivity contribution in [3.63, 3.8) is 0 Å². The maximum atomic E-state index is 11.1. The van der Waals surface area contributed by atoms with Gasteiger partial charge in [0.2, 0.25) is 5.60 Å². The van der Waals surface area contributed by atoms with Gasteiger partial charge in [0.25, 0.3) is 0 Å². The molecule has 1 aliphatic heterocycles. The molecule has 0 spiro atoms. The first-order valence-corrected chi connectivity index (χ1v) is 4.30. The first kappa shape index (κ1) is 9.67. The highest BCUT2D eigenvalue weighted by Crippen LogP contribution is 2.37. The van der Waals surface area contributed by atoms with Crippen molar-refractivity contribution in [2.75, 3.05) is 0 Å². The number of ether oxygens (including phenoxy) is 1. The fraction of sp³-hybridized carbons (Fsp3) is 0.200. The molecule has 0 saturated heterocycles. The molecule has 1 aromatic rings. The molecular formula is C10H8O5. The van der Waals surface area contributed by atoms with E-state index in [0.29, 0.717) is 0 Å². The van der Waals surface area contributed by atoms with Gasteiger partial charge in [0.1, 0.15) is 5.75 Å². The Morgan fingerprint density at radius 3 is 2.73 bits per heavy atom. The van der Waals surface area contributed by atoms with Gasteiger partial charge >= 0.3 is 11.9 Å². The van der Waals surface area contributed by atoms with Crippen LogP contribution in [0.25, 0.3) is 0 Å². The summed E-state index contributed by atoms with van der Waals surface area (Å²) in [6.07, 6.45) is -0.570. The second-order valence-corrected chi connectivity index (χ2v) is 3.31. The predicted molar refractivity (Wildman–Crippen MR) is 48.2 cm³/mol. The average molecular weight is 208 g/mol. The lowest BCUT2D eigenvalue weighted by Crippen LogP contribution is -2.42. The minimum absolute atomic E-state index is 0.0960. The standard InChI is InChI=1S/C10H8O5/c11-8-5-10(14,9(12)13)6-3-1-2-4-7(6)15-8/h1-4,14H,5H2,(H,12,13). The van der Waals surface area contributed by atoms with E-state index in [0.717, 1.165) is 0 Å². The molecule has 15 heavy (non-hydrogen) atoms. The average Bonchev–Trinajstić information content (AvgIpc) is 2.17. The Balaban J connectivity index is 2.61. The number of aliphatic carboxylic acids is 1. The van der Waals surface area contributed by atoms with Crippen molar-refractivity contribution in [1.29, 1.82) is 0 Å². The molecule has 0 aliphatic carbocycles. The topological polar surface area (TPSA) is 83.8 Å². The number of aliphatic hydroxyl groups is 1. The zero-order valence-electron chi connectivity index (χ0n) is 7.64. The number of benzene rings is 1. The number of carbonyl (C=O) groups is 2. The number of esters is 1. The van der Waals surface area contributed by atoms with Crippen LogP contribution in [0.4, 0.5) is 0 Å². The molecule has 1 unspecified atom stereocenters. The number of hydrogen-bond donors (Lipinski definition) is 2. The van der Waals surface area contributed by atoms with Gasteiger partial charge in [-0.3, -0.25) is 4.79 Å². The molecule has 0 bridgehead atoms. The van der Waals surface area contributed by atoms with Gasteiger partial charge in [0, 0.05) is 5.56 Å². The molecule has 0 saturated carbocycles. The molecule has 0 radical (unpaired) electrons. The van der Waals surface area contributed by atoms with Gasteiger partial charge in [-0.15, -0.1) is 0 Å². The second kappa shape index (κ2) is 3.06. The lowest BCUT2D eigenvalue weighted by atomic mass is 9.88. The van der Waals surface area contributed by atoms with Crippen molar-refractivity contribution in [1.82, 2.24) is 0 Å². The van der Waals surface area contributed by atoms with Crippen molar-refractivity contribution in [3.8, 4) is 5.75 Å². The normalized spacial score (nSPS) is 24.2. The number of carboxylic acids is 1. The maximum Gasteiger partial charge on any atom is 0.341 e. The SMILES string of the molecule is O=C1CC(O)(C(=O)O)c2ccccc2O1. The molecule has 1 aromatic carbocycles. The van der Waals surface area contributed by atoms with Gasteiger partial charge in [0.05, 0.1) is 6.42 Å². The number of hydrogen-bond acceptors (Lipinski definition) is 4. The van der Waals surface area contributed by atoms with Crippen LogP contribution >= 0.6 is 0 Å². The minimum atomic E-state index is -2.17. The molecule has 2 rings (SSSR count). The van der Waals surface area contributed by atoms with E-state index in [-0.39, 0.29) is 11.3 Å². The summed E-state index contributed by atoms with van der Waals surface area (Å²) in [5.74, 6) is -2.11. The van der Waals surface area contributed by atoms with Crippen molar-refractivity contribution in [3.05, 3.63) is 29.8 Å². The van der Waals surface area contributed by atoms with E-state index < -0.39 is 24.0 Å². The number of carboxylic acid groups (broad SMARTS) is 1. The zero-order valence-corrected chi connectivity index (χ0v) is 7.64. The Morgan fingerprint density at radius 1 is 1.40 bits per heavy atom. The predicted octanol–water partition coefficient (Wildman–Crippen LogP) is 0.268. The van der Waals surface area contributed by atoms with Gasteiger partial charge in [-0.25, -0.2) is 4.79 Å². The third-order valence-electron chi connectivity index (χ3n) is 2.31. The molecule has 78 valence electrons. The van der Waals surface area contributed by atoms with Gasteiger partial charge in [-0.05, 0) is 6.07 Å². The molecule has 0 fully saturated rings. The first-order valence-electron chi connectivity index (χ1n) is 4.30. The van der Waals surface area contributed by atoms with Crippen LogP contribution in [0.3, 0.4) is 0 Å². The van der Waals surface area contributed by atoms with Gasteiger partial charge in [-0.1, -0.05) is 18.2 Å². The van der Waals surface area contributed by atoms with E-state index in [1.807, 2.05) is 0 Å². The van der Waals surface area contributed by atoms with Crippen molar-refractivity contribution in [2.24, 2.45) is 0 Å². The van der Waals surface area contributed by atoms with Crippen LogP contribution in [-0.2, 0) is 15.2 Å². The molecule has 0 aromatic heterocycles. The summed E-state index contributed by atoms with van der Waals surface area (Å²) in [5, 5.41) is 18.8. The lowest BCUT2D eigenvalue weighted by Gasteiger charge is -2.28. The third kappa shape index (κ3) is 1.37. The van der Waals surface area contributed by atoms with Crippen LogP contribution in [0, 0.1) is 0 Å². The molecule has 1 aliphatic rings. The molecule has 5 heteroatoms. The largest absolute Gasteiger partial charge is 0.479 e. The van der Waals surface area contributed by atoms with Crippen LogP contribution < -0.4 is 4.74 Å². The number of carbonyl (C=O) groups excluding carboxylic acids is 1. The summed E-state index contributed by atoms with van der Waals surface area (Å²) in [4.78, 5) is 22.0. The van der Waals surface area contributed by atoms with Crippen molar-refractivity contribution >= 4 is 11.9 Å². The van der Waals surface area contributed by atoms with E-state index >= 15 is 0 Å². The van der Waals surface area contributed by atoms with Crippen LogP contribution in [0.1, 0.15) is 12.0 Å². The Bertz CT molecular complexity index is 439. The summed E-state index contributed by atoms with van der Waals surface area (Å²) in [5.41, 5.74) is -2.07. The van der Waals surface area contributed by atoms with Gasteiger partial charge < -0.3 is 14.9 Å². The smallest absolute Gasteiger partial charge is 0.341 e. The van der Waals surface area contributed by atoms with Crippen LogP contribution in [-0.4, -0.2) is 22.2 Å². The second-order valence-electron chi connectivity index (χ2n) is 3.31. The number of para-hydroxylation sites is 1. The Labute approximate surface area is 84.9 Å². The highest BCUT2D eigenvalue weighted by atomic mass is 16.5. The molecule has 2 N–H and O–H groups in total. The fourth-order valence-corrected chi connectivity index (χ4v) is 1.55. The Hall–Kier alpha value is -1.88. The third-order valence-corrected chi connectivity index (χ3v) is 2.31. The van der Waals surface area contributed by atoms with Crippen LogP contribution in [0.15, 0.2) is 24.3 Å². The van der Waals surface area contributed by atoms with Crippen LogP contribution in [0.5, 0.6) is 5.75 Å². The van der Waals surface area contributed by atoms with Gasteiger partial charge in [-0.2, -0.15) is 0 Å². The lowest BCUT2D eigenvalue weighted by molar-refractivity contribution is -0.168. The Morgan fingerprint density at radius 2 is 2.07 bits per heavy atom. The monoisotopic (exact) mass is 208 g/mol. The molecular weight excluding hydrogens is 200 g/mol. The summed E-state index contributed by atoms with van der Waals surface area (Å²) >= 11 is 0. The first-order chi connectivity index (χ1) is 7.04. The number of fused-ring (bicyclic) bond motifs is 1. The van der Waals surface area contributed by atoms with E-state index in [4.69, 9.17) is 9.84 Å². The minimum Gasteiger partial charge on any atom is -0.479 e. The van der Waals surface area contributed by atoms with Crippen LogP contribution in [0.2, 0.25) is 0 Å². The maximum absolute atomic E-state index is 11.1. The van der Waals surface area contributed by atoms with E-state index in [2.05, 4.69) is 0 Å². The summed E-state index contributed by atoms with van der Waals surface area (Å²) in [6.45, 7) is 0. The highest BCUT2D eigenvalue weighted by molar-refractivity contribution is 5.89. The van der Waals surface area contributed by atoms with E-state index in [1.165, 1.54) is 12.1 Å². The summed E-state index contributed by atoms with van der Waals surface area (Å²) in [7, 11) is 0. The number of rotatable bonds is 1. The molecule has 1 atom stereocenters. The van der Waals surface area contributed by atoms with E-state index in [1.54, 1.807) is 12.1 Å². The quantitative estimate of drug-likeness (QED) is 0.511. The van der Waals surface area contributed by atoms with Crippen molar-refractivity contribution in [2.45, 2.75) is 12.0 Å². The summed E-state index contributed by atoms with van der Waals surface area (Å²) in [6, 6.07) is 6.04. The molecule has 1 heterocycles. The summed E-state index contributed by atoms with van der Waals surface area (Å²) < 4.78 is 4.82. The Kier molecular flexibility index (Phi) is 1.97. The fourth-order valence-electron chi connectivity index (χ4n) is 1.55. The molecule has 5 nitrogen and oxygen atoms in total. The van der Waals surface area contributed by atoms with E-state index in [9.17, 15) is 14.7 Å².